The van der Waals surface area contributed by atoms with Gasteiger partial charge in [-0.25, -0.2) is 4.98 Å². The van der Waals surface area contributed by atoms with Crippen LogP contribution < -0.4 is 5.32 Å². The van der Waals surface area contributed by atoms with Crippen molar-refractivity contribution < 1.29 is 4.74 Å². The monoisotopic (exact) mass is 307 g/mol. The van der Waals surface area contributed by atoms with E-state index in [1.807, 2.05) is 24.4 Å². The second-order valence-electron chi connectivity index (χ2n) is 4.23. The molecule has 1 fully saturated rings. The van der Waals surface area contributed by atoms with Crippen LogP contribution in [0.2, 0.25) is 0 Å². The Morgan fingerprint density at radius 2 is 2.22 bits per heavy atom. The Balaban J connectivity index is 1.87. The highest BCUT2D eigenvalue weighted by atomic mass is 79.9. The number of H-pyrrole nitrogens is 1. The fraction of sp³-hybridized carbons (Fsp3) is 0.308. The van der Waals surface area contributed by atoms with E-state index in [1.54, 1.807) is 0 Å². The predicted octanol–water partition coefficient (Wildman–Crippen LogP) is 2.50. The van der Waals surface area contributed by atoms with Gasteiger partial charge in [-0.15, -0.1) is 0 Å². The van der Waals surface area contributed by atoms with Crippen molar-refractivity contribution in [1.82, 2.24) is 15.3 Å². The van der Waals surface area contributed by atoms with Crippen LogP contribution in [0.4, 0.5) is 0 Å². The molecular formula is C13H14BrN3O. The first-order valence-corrected chi connectivity index (χ1v) is 6.76. The largest absolute Gasteiger partial charge is 0.368 e. The zero-order valence-electron chi connectivity index (χ0n) is 9.82. The van der Waals surface area contributed by atoms with Gasteiger partial charge in [0.25, 0.3) is 0 Å². The number of hydrogen-bond acceptors (Lipinski definition) is 3. The van der Waals surface area contributed by atoms with E-state index >= 15 is 0 Å². The van der Waals surface area contributed by atoms with E-state index in [2.05, 4.69) is 37.3 Å². The second-order valence-corrected chi connectivity index (χ2v) is 5.08. The van der Waals surface area contributed by atoms with E-state index in [1.165, 1.54) is 0 Å². The van der Waals surface area contributed by atoms with Crippen LogP contribution in [0.5, 0.6) is 0 Å². The van der Waals surface area contributed by atoms with Crippen molar-refractivity contribution in [2.75, 3.05) is 19.7 Å². The molecule has 0 aliphatic carbocycles. The number of hydrogen-bond donors (Lipinski definition) is 2. The molecule has 2 aromatic rings. The summed E-state index contributed by atoms with van der Waals surface area (Å²) in [5.41, 5.74) is 2.12. The van der Waals surface area contributed by atoms with Crippen molar-refractivity contribution >= 4 is 15.9 Å². The lowest BCUT2D eigenvalue weighted by Gasteiger charge is -2.21. The van der Waals surface area contributed by atoms with E-state index in [4.69, 9.17) is 4.74 Å². The van der Waals surface area contributed by atoms with Crippen molar-refractivity contribution in [2.45, 2.75) is 6.10 Å². The molecule has 3 rings (SSSR count). The lowest BCUT2D eigenvalue weighted by Crippen LogP contribution is -2.33. The maximum atomic E-state index is 5.68. The van der Waals surface area contributed by atoms with Gasteiger partial charge in [-0.05, 0) is 6.07 Å². The maximum absolute atomic E-state index is 5.68. The molecular weight excluding hydrogens is 294 g/mol. The molecule has 2 N–H and O–H groups in total. The molecule has 94 valence electrons. The number of aromatic amines is 1. The predicted molar refractivity (Wildman–Crippen MR) is 73.3 cm³/mol. The summed E-state index contributed by atoms with van der Waals surface area (Å²) in [7, 11) is 0. The number of benzene rings is 1. The van der Waals surface area contributed by atoms with Gasteiger partial charge in [0.2, 0.25) is 0 Å². The van der Waals surface area contributed by atoms with Gasteiger partial charge in [-0.1, -0.05) is 34.1 Å². The third-order valence-electron chi connectivity index (χ3n) is 2.99. The smallest absolute Gasteiger partial charge is 0.137 e. The Labute approximate surface area is 114 Å². The average Bonchev–Trinajstić information content (AvgIpc) is 2.90. The molecule has 18 heavy (non-hydrogen) atoms. The van der Waals surface area contributed by atoms with Crippen LogP contribution in [-0.2, 0) is 4.74 Å². The molecule has 1 aliphatic heterocycles. The lowest BCUT2D eigenvalue weighted by molar-refractivity contribution is 0.0227. The molecule has 1 aromatic heterocycles. The van der Waals surface area contributed by atoms with Crippen LogP contribution in [0.1, 0.15) is 11.9 Å². The van der Waals surface area contributed by atoms with Crippen LogP contribution in [-0.4, -0.2) is 29.7 Å². The summed E-state index contributed by atoms with van der Waals surface area (Å²) >= 11 is 3.55. The zero-order chi connectivity index (χ0) is 12.4. The van der Waals surface area contributed by atoms with Gasteiger partial charge in [0, 0.05) is 23.1 Å². The van der Waals surface area contributed by atoms with Gasteiger partial charge in [0.15, 0.2) is 0 Å². The standard InChI is InChI=1S/C13H14BrN3O/c14-10-4-2-1-3-9(10)11-7-16-13(17-11)12-8-15-5-6-18-12/h1-4,7,12,15H,5-6,8H2,(H,16,17). The highest BCUT2D eigenvalue weighted by Crippen LogP contribution is 2.27. The van der Waals surface area contributed by atoms with Gasteiger partial charge in [-0.2, -0.15) is 0 Å². The molecule has 0 radical (unpaired) electrons. The minimum Gasteiger partial charge on any atom is -0.368 e. The molecule has 2 heterocycles. The summed E-state index contributed by atoms with van der Waals surface area (Å²) in [6, 6.07) is 8.09. The molecule has 1 saturated heterocycles. The summed E-state index contributed by atoms with van der Waals surface area (Å²) < 4.78 is 6.73. The van der Waals surface area contributed by atoms with Crippen molar-refractivity contribution in [2.24, 2.45) is 0 Å². The molecule has 1 atom stereocenters. The summed E-state index contributed by atoms with van der Waals surface area (Å²) in [4.78, 5) is 7.75. The maximum Gasteiger partial charge on any atom is 0.137 e. The Kier molecular flexibility index (Phi) is 3.45. The number of nitrogens with zero attached hydrogens (tertiary/aromatic N) is 1. The summed E-state index contributed by atoms with van der Waals surface area (Å²) in [5, 5.41) is 3.30. The van der Waals surface area contributed by atoms with E-state index in [9.17, 15) is 0 Å². The fourth-order valence-electron chi connectivity index (χ4n) is 2.06. The number of aromatic nitrogens is 2. The highest BCUT2D eigenvalue weighted by Gasteiger charge is 2.19. The fourth-order valence-corrected chi connectivity index (χ4v) is 2.56. The van der Waals surface area contributed by atoms with Crippen molar-refractivity contribution in [3.05, 3.63) is 40.8 Å². The summed E-state index contributed by atoms with van der Waals surface area (Å²) in [5.74, 6) is 0.882. The zero-order valence-corrected chi connectivity index (χ0v) is 11.4. The molecule has 0 saturated carbocycles. The number of nitrogens with one attached hydrogen (secondary N) is 2. The molecule has 0 bridgehead atoms. The third-order valence-corrected chi connectivity index (χ3v) is 3.68. The van der Waals surface area contributed by atoms with Crippen LogP contribution in [0.3, 0.4) is 0 Å². The Bertz CT molecular complexity index is 535. The van der Waals surface area contributed by atoms with Crippen molar-refractivity contribution in [3.63, 3.8) is 0 Å². The first-order valence-electron chi connectivity index (χ1n) is 5.97. The van der Waals surface area contributed by atoms with E-state index in [0.29, 0.717) is 0 Å². The molecule has 1 aliphatic rings. The number of halogens is 1. The van der Waals surface area contributed by atoms with Crippen molar-refractivity contribution in [1.29, 1.82) is 0 Å². The Hall–Kier alpha value is -1.17. The van der Waals surface area contributed by atoms with E-state index in [-0.39, 0.29) is 6.10 Å². The SMILES string of the molecule is Brc1ccccc1-c1cnc(C2CNCCO2)[nH]1. The molecule has 4 nitrogen and oxygen atoms in total. The van der Waals surface area contributed by atoms with Gasteiger partial charge < -0.3 is 15.0 Å². The second kappa shape index (κ2) is 5.22. The Morgan fingerprint density at radius 3 is 3.00 bits per heavy atom. The number of ether oxygens (including phenoxy) is 1. The minimum absolute atomic E-state index is 0.0231. The van der Waals surface area contributed by atoms with Crippen LogP contribution in [0.25, 0.3) is 11.3 Å². The number of imidazole rings is 1. The third kappa shape index (κ3) is 2.34. The normalized spacial score (nSPS) is 19.9. The van der Waals surface area contributed by atoms with E-state index < -0.39 is 0 Å². The first kappa shape index (κ1) is 11.9. The lowest BCUT2D eigenvalue weighted by atomic mass is 10.2. The van der Waals surface area contributed by atoms with Gasteiger partial charge in [-0.3, -0.25) is 0 Å². The number of rotatable bonds is 2. The first-order chi connectivity index (χ1) is 8.84. The summed E-state index contributed by atoms with van der Waals surface area (Å²) in [6.45, 7) is 2.45. The molecule has 1 aromatic carbocycles. The average molecular weight is 308 g/mol. The van der Waals surface area contributed by atoms with Crippen LogP contribution >= 0.6 is 15.9 Å². The minimum atomic E-state index is 0.0231. The summed E-state index contributed by atoms with van der Waals surface area (Å²) in [6.07, 6.45) is 1.88. The molecule has 0 amide bonds. The van der Waals surface area contributed by atoms with Gasteiger partial charge in [0.1, 0.15) is 11.9 Å². The van der Waals surface area contributed by atoms with Crippen molar-refractivity contribution in [3.8, 4) is 11.3 Å². The van der Waals surface area contributed by atoms with Crippen LogP contribution in [0.15, 0.2) is 34.9 Å². The van der Waals surface area contributed by atoms with E-state index in [0.717, 1.165) is 41.3 Å². The molecule has 1 unspecified atom stereocenters. The topological polar surface area (TPSA) is 49.9 Å². The van der Waals surface area contributed by atoms with Gasteiger partial charge in [0.05, 0.1) is 18.5 Å². The quantitative estimate of drug-likeness (QED) is 0.896. The van der Waals surface area contributed by atoms with Gasteiger partial charge >= 0.3 is 0 Å². The highest BCUT2D eigenvalue weighted by molar-refractivity contribution is 9.10. The number of morpholine rings is 1. The molecule has 0 spiro atoms. The molecule has 5 heteroatoms. The Morgan fingerprint density at radius 1 is 1.33 bits per heavy atom. The van der Waals surface area contributed by atoms with Crippen LogP contribution in [0, 0.1) is 0 Å².